The number of unbranched alkanes of at least 4 members (excludes halogenated alkanes) is 2. The number of ether oxygens (including phenoxy) is 2. The average Bonchev–Trinajstić information content (AvgIpc) is 3.24. The highest BCUT2D eigenvalue weighted by Crippen LogP contribution is 2.51. The molecule has 0 saturated carbocycles. The number of aliphatic hydroxyl groups is 1. The van der Waals surface area contributed by atoms with Gasteiger partial charge in [-0.1, -0.05) is 68.0 Å². The number of carbonyl (C=O) groups excluding carboxylic acids is 2. The first-order valence-corrected chi connectivity index (χ1v) is 15.5. The molecular weight excluding hydrogens is 538 g/mol. The van der Waals surface area contributed by atoms with Gasteiger partial charge in [-0.25, -0.2) is 4.79 Å². The number of carbonyl (C=O) groups is 2. The number of phenolic OH excluding ortho intramolecular Hbond substituents is 1. The van der Waals surface area contributed by atoms with Crippen molar-refractivity contribution in [3.05, 3.63) is 70.3 Å². The number of allylic oxidation sites excluding steroid dienone is 3. The Morgan fingerprint density at radius 2 is 2.07 bits per heavy atom. The summed E-state index contributed by atoms with van der Waals surface area (Å²) in [5, 5.41) is 21.2. The van der Waals surface area contributed by atoms with Crippen LogP contribution in [0.2, 0.25) is 0 Å². The lowest BCUT2D eigenvalue weighted by Crippen LogP contribution is -2.60. The molecule has 1 aromatic rings. The highest BCUT2D eigenvalue weighted by atomic mass is 32.2. The number of aromatic hydroxyl groups is 1. The Morgan fingerprint density at radius 3 is 2.73 bits per heavy atom. The van der Waals surface area contributed by atoms with Crippen LogP contribution in [-0.4, -0.2) is 51.7 Å². The van der Waals surface area contributed by atoms with Crippen molar-refractivity contribution in [3.8, 4) is 11.5 Å². The molecule has 2 heterocycles. The summed E-state index contributed by atoms with van der Waals surface area (Å²) in [6.45, 7) is 15.8. The summed E-state index contributed by atoms with van der Waals surface area (Å²) in [4.78, 5) is 27.9. The minimum absolute atomic E-state index is 0.0150. The van der Waals surface area contributed by atoms with E-state index in [4.69, 9.17) is 9.47 Å². The van der Waals surface area contributed by atoms with E-state index in [0.29, 0.717) is 10.7 Å². The number of esters is 1. The fourth-order valence-corrected chi connectivity index (χ4v) is 7.56. The van der Waals surface area contributed by atoms with E-state index >= 15 is 0 Å². The van der Waals surface area contributed by atoms with Gasteiger partial charge in [0.1, 0.15) is 35.8 Å². The second kappa shape index (κ2) is 13.3. The lowest BCUT2D eigenvalue weighted by molar-refractivity contribution is -0.158. The second-order valence-corrected chi connectivity index (χ2v) is 12.7. The van der Waals surface area contributed by atoms with Gasteiger partial charge in [-0.2, -0.15) is 0 Å². The summed E-state index contributed by atoms with van der Waals surface area (Å²) in [7, 11) is 0. The minimum Gasteiger partial charge on any atom is -0.507 e. The van der Waals surface area contributed by atoms with Crippen LogP contribution < -0.4 is 4.74 Å². The van der Waals surface area contributed by atoms with Crippen molar-refractivity contribution in [1.82, 2.24) is 4.90 Å². The number of thioether (sulfide) groups is 1. The number of nitrogens with zero attached hydrogens (tertiary/aromatic N) is 1. The van der Waals surface area contributed by atoms with Crippen molar-refractivity contribution >= 4 is 23.6 Å². The number of amides is 1. The van der Waals surface area contributed by atoms with E-state index in [1.165, 1.54) is 28.3 Å². The van der Waals surface area contributed by atoms with E-state index in [0.717, 1.165) is 55.2 Å². The maximum Gasteiger partial charge on any atom is 0.356 e. The Labute approximate surface area is 248 Å². The number of benzene rings is 1. The number of aliphatic hydroxyl groups excluding tert-OH is 1. The van der Waals surface area contributed by atoms with Crippen molar-refractivity contribution in [2.24, 2.45) is 11.8 Å². The molecule has 0 spiro atoms. The van der Waals surface area contributed by atoms with Gasteiger partial charge in [-0.3, -0.25) is 9.69 Å². The Hall–Kier alpha value is -2.97. The monoisotopic (exact) mass is 581 g/mol. The summed E-state index contributed by atoms with van der Waals surface area (Å²) in [5.41, 5.74) is 4.19. The fourth-order valence-electron chi connectivity index (χ4n) is 6.04. The maximum absolute atomic E-state index is 13.1. The molecule has 4 rings (SSSR count). The zero-order valence-electron chi connectivity index (χ0n) is 24.7. The van der Waals surface area contributed by atoms with Gasteiger partial charge in [0.05, 0.1) is 16.9 Å². The molecule has 1 saturated heterocycles. The van der Waals surface area contributed by atoms with E-state index in [9.17, 15) is 19.8 Å². The van der Waals surface area contributed by atoms with Crippen LogP contribution in [0, 0.1) is 11.8 Å². The molecule has 0 radical (unpaired) electrons. The first-order chi connectivity index (χ1) is 19.6. The van der Waals surface area contributed by atoms with Crippen molar-refractivity contribution in [3.63, 3.8) is 0 Å². The average molecular weight is 582 g/mol. The van der Waals surface area contributed by atoms with E-state index in [1.54, 1.807) is 6.92 Å². The zero-order chi connectivity index (χ0) is 29.8. The fraction of sp³-hybridized carbons (Fsp3) is 0.515. The second-order valence-electron chi connectivity index (χ2n) is 11.4. The molecule has 0 bridgehead atoms. The molecule has 2 aliphatic heterocycles. The number of phenols is 1. The van der Waals surface area contributed by atoms with Crippen LogP contribution in [0.4, 0.5) is 0 Å². The normalized spacial score (nSPS) is 24.4. The van der Waals surface area contributed by atoms with Crippen molar-refractivity contribution in [2.75, 3.05) is 13.2 Å². The molecule has 222 valence electrons. The van der Waals surface area contributed by atoms with Gasteiger partial charge in [0.25, 0.3) is 0 Å². The van der Waals surface area contributed by atoms with Crippen molar-refractivity contribution in [2.45, 2.75) is 83.6 Å². The molecule has 2 N–H and O–H groups in total. The molecule has 1 aromatic carbocycles. The minimum atomic E-state index is -0.842. The van der Waals surface area contributed by atoms with Crippen LogP contribution in [0.1, 0.15) is 76.8 Å². The number of fused-ring (bicyclic) bond motifs is 1. The standard InChI is InChI=1S/C33H43NO6S/c1-7-9-10-11-22-16-25(36)29(24-15-20(5)12-13-23(24)19(3)4)26(17-22)40-18-27-30(33(38)39-14-8-2)34-31(37)28(21(6)35)32(34)41-27/h8,15-17,21,23-24,28,32,35-36H,2-3,7,9-14,18H2,1,4-6H3/t21-,23+,24-,28+,32-/m1/s1. The molecular formula is C33H43NO6S. The van der Waals surface area contributed by atoms with Crippen LogP contribution in [0.3, 0.4) is 0 Å². The molecule has 1 fully saturated rings. The summed E-state index contributed by atoms with van der Waals surface area (Å²) >= 11 is 1.35. The zero-order valence-corrected chi connectivity index (χ0v) is 25.5. The lowest BCUT2D eigenvalue weighted by Gasteiger charge is -2.43. The van der Waals surface area contributed by atoms with Gasteiger partial charge in [-0.05, 0) is 70.1 Å². The largest absolute Gasteiger partial charge is 0.507 e. The Balaban J connectivity index is 1.71. The quantitative estimate of drug-likeness (QED) is 0.121. The molecule has 5 atom stereocenters. The van der Waals surface area contributed by atoms with E-state index in [2.05, 4.69) is 33.1 Å². The van der Waals surface area contributed by atoms with Gasteiger partial charge < -0.3 is 19.7 Å². The Bertz CT molecular complexity index is 1260. The molecule has 1 amide bonds. The molecule has 3 aliphatic rings. The van der Waals surface area contributed by atoms with Crippen LogP contribution in [0.5, 0.6) is 11.5 Å². The number of hydrogen-bond acceptors (Lipinski definition) is 7. The van der Waals surface area contributed by atoms with Crippen LogP contribution in [-0.2, 0) is 20.7 Å². The van der Waals surface area contributed by atoms with Gasteiger partial charge in [0, 0.05) is 11.5 Å². The smallest absolute Gasteiger partial charge is 0.356 e. The molecule has 1 aliphatic carbocycles. The predicted molar refractivity (Wildman–Crippen MR) is 162 cm³/mol. The third kappa shape index (κ3) is 6.44. The highest BCUT2D eigenvalue weighted by Gasteiger charge is 2.58. The van der Waals surface area contributed by atoms with E-state index < -0.39 is 23.4 Å². The number of aryl methyl sites for hydroxylation is 1. The predicted octanol–water partition coefficient (Wildman–Crippen LogP) is 6.37. The topological polar surface area (TPSA) is 96.3 Å². The number of rotatable bonds is 13. The van der Waals surface area contributed by atoms with Crippen molar-refractivity contribution in [1.29, 1.82) is 0 Å². The highest BCUT2D eigenvalue weighted by molar-refractivity contribution is 8.04. The summed E-state index contributed by atoms with van der Waals surface area (Å²) in [5.74, 6) is -0.700. The van der Waals surface area contributed by atoms with Crippen LogP contribution in [0.15, 0.2) is 59.2 Å². The van der Waals surface area contributed by atoms with E-state index in [-0.39, 0.29) is 42.4 Å². The number of hydrogen-bond donors (Lipinski definition) is 2. The van der Waals surface area contributed by atoms with E-state index in [1.807, 2.05) is 19.1 Å². The van der Waals surface area contributed by atoms with Gasteiger partial charge in [-0.15, -0.1) is 0 Å². The SMILES string of the molecule is C=CCOC(=O)C1=C(COc2cc(CCCCC)cc(O)c2[C@@H]2C=C(C)CC[C@H]2C(=C)C)S[C@@H]2[C@@H]([C@@H](C)O)C(=O)N12. The van der Waals surface area contributed by atoms with Gasteiger partial charge in [0.2, 0.25) is 5.91 Å². The molecule has 0 unspecified atom stereocenters. The summed E-state index contributed by atoms with van der Waals surface area (Å²) in [6, 6.07) is 3.86. The third-order valence-electron chi connectivity index (χ3n) is 8.22. The Morgan fingerprint density at radius 1 is 1.32 bits per heavy atom. The first kappa shape index (κ1) is 31.0. The number of β-lactam (4-membered cyclic amide) rings is 1. The maximum atomic E-state index is 13.1. The van der Waals surface area contributed by atoms with Gasteiger partial charge >= 0.3 is 5.97 Å². The Kier molecular flexibility index (Phi) is 10.1. The molecule has 41 heavy (non-hydrogen) atoms. The van der Waals surface area contributed by atoms with Crippen molar-refractivity contribution < 1.29 is 29.3 Å². The molecule has 0 aromatic heterocycles. The molecule has 8 heteroatoms. The summed E-state index contributed by atoms with van der Waals surface area (Å²) in [6.07, 6.45) is 8.78. The summed E-state index contributed by atoms with van der Waals surface area (Å²) < 4.78 is 11.8. The van der Waals surface area contributed by atoms with Crippen LogP contribution in [0.25, 0.3) is 0 Å². The molecule has 7 nitrogen and oxygen atoms in total. The first-order valence-electron chi connectivity index (χ1n) is 14.6. The van der Waals surface area contributed by atoms with Crippen LogP contribution >= 0.6 is 11.8 Å². The van der Waals surface area contributed by atoms with Gasteiger partial charge in [0.15, 0.2) is 0 Å². The lowest BCUT2D eigenvalue weighted by atomic mass is 9.73. The third-order valence-corrected chi connectivity index (χ3v) is 9.56.